The number of nitrogens with two attached hydrogens (primary N) is 1. The Morgan fingerprint density at radius 1 is 1.56 bits per heavy atom. The standard InChI is InChI=1S/C12H21N3O3/c1-3-11(8-16)4-6-15(9-17)7-5-14-10(2)12(13)18/h5,7,9,11,16H,3-4,6,8H2,1-2H3,(H2,13,18)/b7-5-,14-10?. The van der Waals surface area contributed by atoms with Crippen molar-refractivity contribution in [2.45, 2.75) is 26.7 Å². The number of aliphatic hydroxyl groups is 1. The molecular formula is C12H21N3O3. The average molecular weight is 255 g/mol. The van der Waals surface area contributed by atoms with E-state index in [1.165, 1.54) is 24.2 Å². The fourth-order valence-corrected chi connectivity index (χ4v) is 1.21. The molecule has 1 atom stereocenters. The summed E-state index contributed by atoms with van der Waals surface area (Å²) in [5, 5.41) is 9.02. The van der Waals surface area contributed by atoms with E-state index in [0.717, 1.165) is 6.42 Å². The third-order valence-corrected chi connectivity index (χ3v) is 2.65. The Kier molecular flexibility index (Phi) is 8.47. The molecule has 0 aromatic heterocycles. The number of primary amides is 1. The zero-order valence-electron chi connectivity index (χ0n) is 10.9. The maximum Gasteiger partial charge on any atom is 0.262 e. The minimum atomic E-state index is -0.594. The number of carbonyl (C=O) groups excluding carboxylic acids is 2. The van der Waals surface area contributed by atoms with Gasteiger partial charge < -0.3 is 15.7 Å². The van der Waals surface area contributed by atoms with E-state index < -0.39 is 5.91 Å². The molecule has 0 aliphatic rings. The van der Waals surface area contributed by atoms with E-state index in [9.17, 15) is 9.59 Å². The molecule has 6 heteroatoms. The highest BCUT2D eigenvalue weighted by Gasteiger charge is 2.06. The van der Waals surface area contributed by atoms with Gasteiger partial charge in [-0.15, -0.1) is 0 Å². The third kappa shape index (κ3) is 6.80. The molecule has 0 aliphatic heterocycles. The lowest BCUT2D eigenvalue weighted by atomic mass is 10.0. The van der Waals surface area contributed by atoms with Crippen LogP contribution in [-0.2, 0) is 9.59 Å². The Morgan fingerprint density at radius 3 is 2.67 bits per heavy atom. The number of hydrogen-bond acceptors (Lipinski definition) is 4. The first-order chi connectivity index (χ1) is 8.54. The highest BCUT2D eigenvalue weighted by atomic mass is 16.3. The number of amides is 2. The topological polar surface area (TPSA) is 96.0 Å². The largest absolute Gasteiger partial charge is 0.396 e. The summed E-state index contributed by atoms with van der Waals surface area (Å²) in [6.45, 7) is 4.11. The van der Waals surface area contributed by atoms with Gasteiger partial charge in [-0.25, -0.2) is 0 Å². The van der Waals surface area contributed by atoms with Crippen molar-refractivity contribution in [2.75, 3.05) is 13.2 Å². The number of rotatable bonds is 9. The molecule has 0 spiro atoms. The van der Waals surface area contributed by atoms with E-state index >= 15 is 0 Å². The molecule has 3 N–H and O–H groups in total. The molecule has 1 unspecified atom stereocenters. The lowest BCUT2D eigenvalue weighted by Gasteiger charge is -2.16. The van der Waals surface area contributed by atoms with E-state index in [1.54, 1.807) is 0 Å². The Balaban J connectivity index is 4.27. The van der Waals surface area contributed by atoms with Crippen molar-refractivity contribution in [1.29, 1.82) is 0 Å². The van der Waals surface area contributed by atoms with E-state index in [1.807, 2.05) is 6.92 Å². The van der Waals surface area contributed by atoms with Gasteiger partial charge in [0.15, 0.2) is 0 Å². The maximum absolute atomic E-state index is 10.8. The summed E-state index contributed by atoms with van der Waals surface area (Å²) in [5.41, 5.74) is 5.18. The zero-order chi connectivity index (χ0) is 14.0. The van der Waals surface area contributed by atoms with Crippen LogP contribution in [0.1, 0.15) is 26.7 Å². The van der Waals surface area contributed by atoms with Crippen LogP contribution in [0, 0.1) is 5.92 Å². The Bertz CT molecular complexity index is 323. The Hall–Kier alpha value is -1.69. The summed E-state index contributed by atoms with van der Waals surface area (Å²) in [5.74, 6) is -0.402. The van der Waals surface area contributed by atoms with E-state index in [0.29, 0.717) is 19.4 Å². The number of hydrogen-bond donors (Lipinski definition) is 2. The van der Waals surface area contributed by atoms with Gasteiger partial charge >= 0.3 is 0 Å². The number of carbonyl (C=O) groups is 2. The highest BCUT2D eigenvalue weighted by Crippen LogP contribution is 2.07. The van der Waals surface area contributed by atoms with E-state index in [2.05, 4.69) is 4.99 Å². The predicted octanol–water partition coefficient (Wildman–Crippen LogP) is 0.271. The van der Waals surface area contributed by atoms with Gasteiger partial charge in [0.2, 0.25) is 6.41 Å². The van der Waals surface area contributed by atoms with Crippen LogP contribution in [0.2, 0.25) is 0 Å². The first-order valence-electron chi connectivity index (χ1n) is 5.87. The normalized spacial score (nSPS) is 13.6. The maximum atomic E-state index is 10.8. The molecule has 0 aromatic carbocycles. The van der Waals surface area contributed by atoms with Gasteiger partial charge in [-0.05, 0) is 19.3 Å². The average Bonchev–Trinajstić information content (AvgIpc) is 2.37. The first-order valence-corrected chi connectivity index (χ1v) is 5.87. The molecule has 2 amide bonds. The van der Waals surface area contributed by atoms with Crippen molar-refractivity contribution in [1.82, 2.24) is 4.90 Å². The molecule has 0 saturated carbocycles. The van der Waals surface area contributed by atoms with Crippen LogP contribution in [0.25, 0.3) is 0 Å². The second kappa shape index (κ2) is 9.35. The van der Waals surface area contributed by atoms with Crippen molar-refractivity contribution >= 4 is 18.0 Å². The van der Waals surface area contributed by atoms with E-state index in [4.69, 9.17) is 10.8 Å². The lowest BCUT2D eigenvalue weighted by Crippen LogP contribution is -2.21. The lowest BCUT2D eigenvalue weighted by molar-refractivity contribution is -0.116. The van der Waals surface area contributed by atoms with Gasteiger partial charge in [0.25, 0.3) is 5.91 Å². The molecule has 0 fully saturated rings. The van der Waals surface area contributed by atoms with Gasteiger partial charge in [0, 0.05) is 25.6 Å². The predicted molar refractivity (Wildman–Crippen MR) is 69.7 cm³/mol. The van der Waals surface area contributed by atoms with Gasteiger partial charge in [0.1, 0.15) is 5.71 Å². The van der Waals surface area contributed by atoms with Crippen LogP contribution in [0.5, 0.6) is 0 Å². The second-order valence-electron chi connectivity index (χ2n) is 3.97. The molecular weight excluding hydrogens is 234 g/mol. The summed E-state index contributed by atoms with van der Waals surface area (Å²) in [6.07, 6.45) is 5.09. The first kappa shape index (κ1) is 16.3. The molecule has 0 heterocycles. The molecule has 0 rings (SSSR count). The monoisotopic (exact) mass is 255 g/mol. The molecule has 18 heavy (non-hydrogen) atoms. The molecule has 0 saturated heterocycles. The number of aliphatic imine (C=N–C) groups is 1. The van der Waals surface area contributed by atoms with Gasteiger partial charge in [-0.3, -0.25) is 14.6 Å². The summed E-state index contributed by atoms with van der Waals surface area (Å²) >= 11 is 0. The molecule has 0 bridgehead atoms. The minimum absolute atomic E-state index is 0.117. The van der Waals surface area contributed by atoms with Crippen LogP contribution in [0.15, 0.2) is 17.4 Å². The molecule has 0 aliphatic carbocycles. The van der Waals surface area contributed by atoms with Crippen LogP contribution in [0.4, 0.5) is 0 Å². The second-order valence-corrected chi connectivity index (χ2v) is 3.97. The fraction of sp³-hybridized carbons (Fsp3) is 0.583. The van der Waals surface area contributed by atoms with Crippen LogP contribution >= 0.6 is 0 Å². The summed E-state index contributed by atoms with van der Waals surface area (Å²) in [4.78, 5) is 26.7. The van der Waals surface area contributed by atoms with Crippen molar-refractivity contribution in [3.63, 3.8) is 0 Å². The van der Waals surface area contributed by atoms with Crippen LogP contribution in [0.3, 0.4) is 0 Å². The molecule has 0 aromatic rings. The van der Waals surface area contributed by atoms with Crippen molar-refractivity contribution in [3.05, 3.63) is 12.4 Å². The Labute approximate surface area is 107 Å². The number of nitrogens with zero attached hydrogens (tertiary/aromatic N) is 2. The smallest absolute Gasteiger partial charge is 0.262 e. The molecule has 0 radical (unpaired) electrons. The zero-order valence-corrected chi connectivity index (χ0v) is 10.9. The minimum Gasteiger partial charge on any atom is -0.396 e. The highest BCUT2D eigenvalue weighted by molar-refractivity contribution is 6.37. The van der Waals surface area contributed by atoms with Gasteiger partial charge in [0.05, 0.1) is 0 Å². The number of aliphatic hydroxyl groups excluding tert-OH is 1. The summed E-state index contributed by atoms with van der Waals surface area (Å²) in [7, 11) is 0. The van der Waals surface area contributed by atoms with Crippen molar-refractivity contribution in [2.24, 2.45) is 16.6 Å². The summed E-state index contributed by atoms with van der Waals surface area (Å²) in [6, 6.07) is 0. The summed E-state index contributed by atoms with van der Waals surface area (Å²) < 4.78 is 0. The van der Waals surface area contributed by atoms with Crippen molar-refractivity contribution < 1.29 is 14.7 Å². The van der Waals surface area contributed by atoms with Gasteiger partial charge in [-0.2, -0.15) is 0 Å². The molecule has 6 nitrogen and oxygen atoms in total. The molecule has 102 valence electrons. The SMILES string of the molecule is CCC(CO)CCN(C=O)/C=C\N=C(C)C(N)=O. The Morgan fingerprint density at radius 2 is 2.22 bits per heavy atom. The third-order valence-electron chi connectivity index (χ3n) is 2.65. The van der Waals surface area contributed by atoms with Gasteiger partial charge in [-0.1, -0.05) is 13.3 Å². The fourth-order valence-electron chi connectivity index (χ4n) is 1.21. The quantitative estimate of drug-likeness (QED) is 0.457. The van der Waals surface area contributed by atoms with Crippen molar-refractivity contribution in [3.8, 4) is 0 Å². The van der Waals surface area contributed by atoms with E-state index in [-0.39, 0.29) is 18.2 Å². The van der Waals surface area contributed by atoms with Crippen LogP contribution in [-0.4, -0.2) is 41.2 Å². The van der Waals surface area contributed by atoms with Crippen LogP contribution < -0.4 is 5.73 Å².